The molecule has 3 aromatic heterocycles. The zero-order valence-corrected chi connectivity index (χ0v) is 10.3. The number of benzene rings is 1. The summed E-state index contributed by atoms with van der Waals surface area (Å²) in [5.41, 5.74) is 5.11. The topological polar surface area (TPSA) is 59.4 Å². The van der Waals surface area contributed by atoms with Gasteiger partial charge in [-0.2, -0.15) is 0 Å². The Morgan fingerprint density at radius 2 is 2.16 bits per heavy atom. The van der Waals surface area contributed by atoms with Crippen LogP contribution in [0.25, 0.3) is 33.2 Å². The summed E-state index contributed by atoms with van der Waals surface area (Å²) in [6.07, 6.45) is 3.78. The van der Waals surface area contributed by atoms with Crippen molar-refractivity contribution in [3.63, 3.8) is 0 Å². The largest absolute Gasteiger partial charge is 0.346 e. The normalized spacial score (nSPS) is 11.4. The molecule has 0 aliphatic rings. The smallest absolute Gasteiger partial charge is 0.137 e. The Morgan fingerprint density at radius 3 is 3.11 bits per heavy atom. The minimum atomic E-state index is 0.903. The molecule has 4 aromatic rings. The molecule has 3 heterocycles. The van der Waals surface area contributed by atoms with Crippen LogP contribution in [-0.4, -0.2) is 25.0 Å². The molecule has 0 amide bonds. The lowest BCUT2D eigenvalue weighted by Crippen LogP contribution is -1.89. The van der Waals surface area contributed by atoms with Crippen LogP contribution in [0.2, 0.25) is 0 Å². The fourth-order valence-electron chi connectivity index (χ4n) is 2.39. The average Bonchev–Trinajstić information content (AvgIpc) is 3.03. The number of fused-ring (bicyclic) bond motifs is 2. The molecule has 0 aliphatic heterocycles. The zero-order chi connectivity index (χ0) is 12.8. The second kappa shape index (κ2) is 3.65. The van der Waals surface area contributed by atoms with Gasteiger partial charge in [-0.05, 0) is 29.8 Å². The minimum Gasteiger partial charge on any atom is -0.346 e. The number of H-pyrrole nitrogens is 1. The zero-order valence-electron chi connectivity index (χ0n) is 10.3. The van der Waals surface area contributed by atoms with Crippen molar-refractivity contribution in [2.75, 3.05) is 0 Å². The molecule has 0 saturated heterocycles. The molecule has 5 heteroatoms. The van der Waals surface area contributed by atoms with Crippen LogP contribution in [0.5, 0.6) is 0 Å². The van der Waals surface area contributed by atoms with Crippen LogP contribution >= 0.6 is 0 Å². The van der Waals surface area contributed by atoms with E-state index in [1.807, 2.05) is 25.4 Å². The lowest BCUT2D eigenvalue weighted by atomic mass is 10.1. The molecular formula is C14H11N5. The molecule has 0 atom stereocenters. The highest BCUT2D eigenvalue weighted by molar-refractivity contribution is 5.95. The van der Waals surface area contributed by atoms with Crippen LogP contribution in [-0.2, 0) is 7.05 Å². The van der Waals surface area contributed by atoms with Crippen molar-refractivity contribution >= 4 is 22.1 Å². The van der Waals surface area contributed by atoms with Crippen molar-refractivity contribution in [3.05, 3.63) is 42.7 Å². The van der Waals surface area contributed by atoms with E-state index in [2.05, 4.69) is 38.5 Å². The highest BCUT2D eigenvalue weighted by Gasteiger charge is 2.08. The molecule has 92 valence electrons. The van der Waals surface area contributed by atoms with Crippen molar-refractivity contribution in [2.24, 2.45) is 7.05 Å². The van der Waals surface area contributed by atoms with Crippen LogP contribution in [0.15, 0.2) is 42.7 Å². The summed E-state index contributed by atoms with van der Waals surface area (Å²) in [6.45, 7) is 0. The maximum absolute atomic E-state index is 4.31. The molecule has 0 unspecified atom stereocenters. The molecule has 1 N–H and O–H groups in total. The van der Waals surface area contributed by atoms with Crippen molar-refractivity contribution in [1.29, 1.82) is 0 Å². The summed E-state index contributed by atoms with van der Waals surface area (Å²) in [7, 11) is 1.90. The van der Waals surface area contributed by atoms with Crippen molar-refractivity contribution in [3.8, 4) is 11.1 Å². The fraction of sp³-hybridized carbons (Fsp3) is 0.0714. The van der Waals surface area contributed by atoms with E-state index in [4.69, 9.17) is 0 Å². The predicted molar refractivity (Wildman–Crippen MR) is 73.6 cm³/mol. The maximum atomic E-state index is 4.31. The number of hydrogen-bond acceptors (Lipinski definition) is 3. The molecule has 0 fully saturated rings. The van der Waals surface area contributed by atoms with E-state index in [1.165, 1.54) is 0 Å². The van der Waals surface area contributed by atoms with E-state index in [0.717, 1.165) is 33.2 Å². The van der Waals surface area contributed by atoms with Crippen molar-refractivity contribution < 1.29 is 0 Å². The Kier molecular flexibility index (Phi) is 1.97. The van der Waals surface area contributed by atoms with Gasteiger partial charge in [0.05, 0.1) is 5.52 Å². The van der Waals surface area contributed by atoms with E-state index in [1.54, 1.807) is 10.9 Å². The van der Waals surface area contributed by atoms with Gasteiger partial charge in [0.2, 0.25) is 0 Å². The van der Waals surface area contributed by atoms with Gasteiger partial charge < -0.3 is 4.98 Å². The van der Waals surface area contributed by atoms with Crippen LogP contribution in [0, 0.1) is 0 Å². The summed E-state index contributed by atoms with van der Waals surface area (Å²) in [4.78, 5) is 7.51. The van der Waals surface area contributed by atoms with Crippen LogP contribution in [0.4, 0.5) is 0 Å². The van der Waals surface area contributed by atoms with E-state index >= 15 is 0 Å². The first-order valence-electron chi connectivity index (χ1n) is 6.05. The van der Waals surface area contributed by atoms with Gasteiger partial charge in [0.1, 0.15) is 11.2 Å². The minimum absolute atomic E-state index is 0.903. The Hall–Kier alpha value is -2.69. The van der Waals surface area contributed by atoms with E-state index in [-0.39, 0.29) is 0 Å². The number of aromatic amines is 1. The van der Waals surface area contributed by atoms with Crippen LogP contribution in [0.1, 0.15) is 0 Å². The van der Waals surface area contributed by atoms with Gasteiger partial charge in [0.15, 0.2) is 0 Å². The first-order chi connectivity index (χ1) is 9.33. The second-order valence-electron chi connectivity index (χ2n) is 4.52. The Morgan fingerprint density at radius 1 is 1.21 bits per heavy atom. The standard InChI is InChI=1S/C14H11N5/c1-19-13-7-9(4-5-12(13)17-18-19)11-8-16-14-10(11)3-2-6-15-14/h2-8H,1H3,(H,15,16). The number of hydrogen-bond donors (Lipinski definition) is 1. The lowest BCUT2D eigenvalue weighted by Gasteiger charge is -2.00. The molecule has 0 bridgehead atoms. The summed E-state index contributed by atoms with van der Waals surface area (Å²) >= 11 is 0. The van der Waals surface area contributed by atoms with Gasteiger partial charge in [0.25, 0.3) is 0 Å². The van der Waals surface area contributed by atoms with Crippen molar-refractivity contribution in [1.82, 2.24) is 25.0 Å². The number of aromatic nitrogens is 5. The highest BCUT2D eigenvalue weighted by atomic mass is 15.4. The van der Waals surface area contributed by atoms with Gasteiger partial charge in [-0.15, -0.1) is 5.10 Å². The number of nitrogens with one attached hydrogen (secondary N) is 1. The van der Waals surface area contributed by atoms with Gasteiger partial charge in [-0.1, -0.05) is 11.3 Å². The third-order valence-electron chi connectivity index (χ3n) is 3.37. The van der Waals surface area contributed by atoms with Crippen molar-refractivity contribution in [2.45, 2.75) is 0 Å². The fourth-order valence-corrected chi connectivity index (χ4v) is 2.39. The SMILES string of the molecule is Cn1nnc2ccc(-c3c[nH]c4ncccc34)cc21. The summed E-state index contributed by atoms with van der Waals surface area (Å²) < 4.78 is 1.78. The molecule has 0 aliphatic carbocycles. The monoisotopic (exact) mass is 249 g/mol. The third kappa shape index (κ3) is 1.45. The Labute approximate surface area is 108 Å². The summed E-state index contributed by atoms with van der Waals surface area (Å²) in [5.74, 6) is 0. The molecular weight excluding hydrogens is 238 g/mol. The maximum Gasteiger partial charge on any atom is 0.137 e. The highest BCUT2D eigenvalue weighted by Crippen LogP contribution is 2.29. The van der Waals surface area contributed by atoms with Gasteiger partial charge >= 0.3 is 0 Å². The molecule has 1 aromatic carbocycles. The molecule has 5 nitrogen and oxygen atoms in total. The van der Waals surface area contributed by atoms with Crippen LogP contribution in [0.3, 0.4) is 0 Å². The summed E-state index contributed by atoms with van der Waals surface area (Å²) in [6, 6.07) is 10.2. The second-order valence-corrected chi connectivity index (χ2v) is 4.52. The third-order valence-corrected chi connectivity index (χ3v) is 3.37. The molecule has 0 radical (unpaired) electrons. The summed E-state index contributed by atoms with van der Waals surface area (Å²) in [5, 5.41) is 9.25. The van der Waals surface area contributed by atoms with Gasteiger partial charge in [-0.25, -0.2) is 9.67 Å². The number of nitrogens with zero attached hydrogens (tertiary/aromatic N) is 4. The first-order valence-corrected chi connectivity index (χ1v) is 6.05. The number of aryl methyl sites for hydroxylation is 1. The first kappa shape index (κ1) is 10.3. The Balaban J connectivity index is 2.01. The number of rotatable bonds is 1. The lowest BCUT2D eigenvalue weighted by molar-refractivity contribution is 0.736. The predicted octanol–water partition coefficient (Wildman–Crippen LogP) is 2.51. The van der Waals surface area contributed by atoms with Gasteiger partial charge in [-0.3, -0.25) is 0 Å². The number of pyridine rings is 1. The van der Waals surface area contributed by atoms with E-state index < -0.39 is 0 Å². The van der Waals surface area contributed by atoms with Crippen LogP contribution < -0.4 is 0 Å². The molecule has 4 rings (SSSR count). The van der Waals surface area contributed by atoms with Gasteiger partial charge in [0, 0.05) is 30.4 Å². The molecule has 19 heavy (non-hydrogen) atoms. The Bertz CT molecular complexity index is 887. The van der Waals surface area contributed by atoms with E-state index in [9.17, 15) is 0 Å². The quantitative estimate of drug-likeness (QED) is 0.564. The molecule has 0 saturated carbocycles. The van der Waals surface area contributed by atoms with E-state index in [0.29, 0.717) is 0 Å². The molecule has 0 spiro atoms. The average molecular weight is 249 g/mol.